The standard InChI is InChI=1S/C16H22ClN5O2S/c1-9(2)19-13(23)8-25-16-20-14-12(15(24)21-16)7-18-22(14)11-5-3-10(17)4-6-11/h3-6,9,12,14,16,18,20H,7-8H2,1-2H3,(H,19,23)(H,21,24). The molecule has 0 saturated carbocycles. The second-order valence-corrected chi connectivity index (χ2v) is 7.88. The van der Waals surface area contributed by atoms with Crippen molar-refractivity contribution in [3.8, 4) is 0 Å². The Labute approximate surface area is 156 Å². The van der Waals surface area contributed by atoms with Crippen molar-refractivity contribution in [3.63, 3.8) is 0 Å². The predicted octanol–water partition coefficient (Wildman–Crippen LogP) is 0.868. The van der Waals surface area contributed by atoms with Gasteiger partial charge in [-0.25, -0.2) is 5.43 Å². The summed E-state index contributed by atoms with van der Waals surface area (Å²) in [6.45, 7) is 4.39. The normalized spacial score (nSPS) is 25.7. The molecule has 3 rings (SSSR count). The van der Waals surface area contributed by atoms with Crippen LogP contribution in [0.5, 0.6) is 0 Å². The van der Waals surface area contributed by atoms with E-state index in [-0.39, 0.29) is 41.2 Å². The van der Waals surface area contributed by atoms with Gasteiger partial charge in [0.15, 0.2) is 0 Å². The third-order valence-corrected chi connectivity index (χ3v) is 5.28. The van der Waals surface area contributed by atoms with E-state index in [9.17, 15) is 9.59 Å². The molecule has 3 unspecified atom stereocenters. The van der Waals surface area contributed by atoms with E-state index in [1.54, 1.807) is 0 Å². The Morgan fingerprint density at radius 2 is 2.12 bits per heavy atom. The van der Waals surface area contributed by atoms with Gasteiger partial charge in [-0.2, -0.15) is 0 Å². The van der Waals surface area contributed by atoms with Crippen LogP contribution >= 0.6 is 23.4 Å². The van der Waals surface area contributed by atoms with Gasteiger partial charge in [-0.3, -0.25) is 19.9 Å². The minimum absolute atomic E-state index is 0.0190. The maximum absolute atomic E-state index is 12.4. The van der Waals surface area contributed by atoms with E-state index >= 15 is 0 Å². The van der Waals surface area contributed by atoms with E-state index < -0.39 is 0 Å². The van der Waals surface area contributed by atoms with Gasteiger partial charge in [0.2, 0.25) is 11.8 Å². The van der Waals surface area contributed by atoms with E-state index in [0.717, 1.165) is 5.69 Å². The molecule has 3 atom stereocenters. The van der Waals surface area contributed by atoms with E-state index in [0.29, 0.717) is 11.6 Å². The number of hydrazine groups is 1. The van der Waals surface area contributed by atoms with Crippen molar-refractivity contribution in [2.75, 3.05) is 17.3 Å². The number of anilines is 1. The molecule has 0 aliphatic carbocycles. The van der Waals surface area contributed by atoms with E-state index in [1.807, 2.05) is 43.1 Å². The van der Waals surface area contributed by atoms with Gasteiger partial charge in [-0.05, 0) is 38.1 Å². The summed E-state index contributed by atoms with van der Waals surface area (Å²) in [5, 5.41) is 11.8. The summed E-state index contributed by atoms with van der Waals surface area (Å²) in [5.74, 6) is 0.0193. The lowest BCUT2D eigenvalue weighted by atomic mass is 10.1. The molecule has 0 bridgehead atoms. The summed E-state index contributed by atoms with van der Waals surface area (Å²) in [6.07, 6.45) is -0.180. The molecule has 2 fully saturated rings. The largest absolute Gasteiger partial charge is 0.353 e. The van der Waals surface area contributed by atoms with Crippen LogP contribution in [0, 0.1) is 5.92 Å². The van der Waals surface area contributed by atoms with Gasteiger partial charge in [0.25, 0.3) is 0 Å². The van der Waals surface area contributed by atoms with Crippen molar-refractivity contribution in [1.29, 1.82) is 0 Å². The molecule has 9 heteroatoms. The number of halogens is 1. The molecular formula is C16H22ClN5O2S. The van der Waals surface area contributed by atoms with Crippen molar-refractivity contribution >= 4 is 40.9 Å². The van der Waals surface area contributed by atoms with Crippen LogP contribution in [0.25, 0.3) is 0 Å². The number of thioether (sulfide) groups is 1. The van der Waals surface area contributed by atoms with Gasteiger partial charge in [0.1, 0.15) is 11.7 Å². The minimum atomic E-state index is -0.318. The zero-order valence-corrected chi connectivity index (χ0v) is 15.7. The number of amides is 2. The zero-order chi connectivity index (χ0) is 18.0. The zero-order valence-electron chi connectivity index (χ0n) is 14.1. The average molecular weight is 384 g/mol. The van der Waals surface area contributed by atoms with Crippen molar-refractivity contribution in [2.24, 2.45) is 5.92 Å². The summed E-state index contributed by atoms with van der Waals surface area (Å²) >= 11 is 7.32. The number of carbonyl (C=O) groups is 2. The lowest BCUT2D eigenvalue weighted by Crippen LogP contribution is -2.63. The minimum Gasteiger partial charge on any atom is -0.353 e. The highest BCUT2D eigenvalue weighted by Crippen LogP contribution is 2.27. The first-order valence-corrected chi connectivity index (χ1v) is 9.62. The van der Waals surface area contributed by atoms with E-state index in [1.165, 1.54) is 11.8 Å². The van der Waals surface area contributed by atoms with E-state index in [2.05, 4.69) is 21.4 Å². The maximum Gasteiger partial charge on any atom is 0.230 e. The molecule has 0 radical (unpaired) electrons. The Hall–Kier alpha value is -1.48. The fraction of sp³-hybridized carbons (Fsp3) is 0.500. The maximum atomic E-state index is 12.4. The smallest absolute Gasteiger partial charge is 0.230 e. The summed E-state index contributed by atoms with van der Waals surface area (Å²) < 4.78 is 0. The SMILES string of the molecule is CC(C)NC(=O)CSC1NC(=O)C2CNN(c3ccc(Cl)cc3)C2N1. The highest BCUT2D eigenvalue weighted by atomic mass is 35.5. The van der Waals surface area contributed by atoms with Gasteiger partial charge in [-0.15, -0.1) is 11.8 Å². The lowest BCUT2D eigenvalue weighted by Gasteiger charge is -2.37. The third kappa shape index (κ3) is 4.38. The second kappa shape index (κ2) is 7.82. The molecule has 7 nitrogen and oxygen atoms in total. The molecule has 1 aromatic rings. The van der Waals surface area contributed by atoms with Crippen molar-refractivity contribution in [3.05, 3.63) is 29.3 Å². The van der Waals surface area contributed by atoms with Gasteiger partial charge in [0.05, 0.1) is 17.4 Å². The molecule has 2 aliphatic heterocycles. The Bertz CT molecular complexity index is 642. The number of hydrogen-bond acceptors (Lipinski definition) is 6. The second-order valence-electron chi connectivity index (χ2n) is 6.35. The van der Waals surface area contributed by atoms with Crippen molar-refractivity contribution < 1.29 is 9.59 Å². The van der Waals surface area contributed by atoms with Gasteiger partial charge < -0.3 is 10.6 Å². The summed E-state index contributed by atoms with van der Waals surface area (Å²) in [6, 6.07) is 7.55. The molecule has 2 aliphatic rings. The summed E-state index contributed by atoms with van der Waals surface area (Å²) in [4.78, 5) is 24.2. The molecule has 25 heavy (non-hydrogen) atoms. The molecule has 0 spiro atoms. The summed E-state index contributed by atoms with van der Waals surface area (Å²) in [7, 11) is 0. The molecule has 2 amide bonds. The highest BCUT2D eigenvalue weighted by Gasteiger charge is 2.44. The number of hydrogen-bond donors (Lipinski definition) is 4. The molecule has 4 N–H and O–H groups in total. The topological polar surface area (TPSA) is 85.5 Å². The van der Waals surface area contributed by atoms with Crippen LogP contribution in [-0.2, 0) is 9.59 Å². The Morgan fingerprint density at radius 1 is 1.40 bits per heavy atom. The van der Waals surface area contributed by atoms with Crippen molar-refractivity contribution in [1.82, 2.24) is 21.4 Å². The van der Waals surface area contributed by atoms with Crippen LogP contribution in [0.15, 0.2) is 24.3 Å². The van der Waals surface area contributed by atoms with Gasteiger partial charge in [-0.1, -0.05) is 11.6 Å². The fourth-order valence-corrected chi connectivity index (χ4v) is 3.87. The number of rotatable bonds is 5. The Kier molecular flexibility index (Phi) is 5.73. The van der Waals surface area contributed by atoms with Crippen LogP contribution in [0.4, 0.5) is 5.69 Å². The average Bonchev–Trinajstić information content (AvgIpc) is 2.97. The number of nitrogens with zero attached hydrogens (tertiary/aromatic N) is 1. The molecule has 0 aromatic heterocycles. The molecule has 1 aromatic carbocycles. The monoisotopic (exact) mass is 383 g/mol. The third-order valence-electron chi connectivity index (χ3n) is 4.01. The number of fused-ring (bicyclic) bond motifs is 1. The quantitative estimate of drug-likeness (QED) is 0.603. The predicted molar refractivity (Wildman–Crippen MR) is 100 cm³/mol. The lowest BCUT2D eigenvalue weighted by molar-refractivity contribution is -0.127. The fourth-order valence-electron chi connectivity index (χ4n) is 2.91. The van der Waals surface area contributed by atoms with Crippen LogP contribution in [-0.4, -0.2) is 41.8 Å². The molecule has 2 saturated heterocycles. The first-order chi connectivity index (χ1) is 11.9. The molecule has 136 valence electrons. The number of carbonyl (C=O) groups excluding carboxylic acids is 2. The highest BCUT2D eigenvalue weighted by molar-refractivity contribution is 8.00. The Morgan fingerprint density at radius 3 is 2.80 bits per heavy atom. The van der Waals surface area contributed by atoms with Crippen LogP contribution in [0.1, 0.15) is 13.8 Å². The van der Waals surface area contributed by atoms with E-state index in [4.69, 9.17) is 11.6 Å². The summed E-state index contributed by atoms with van der Waals surface area (Å²) in [5.41, 5.74) is 3.87. The van der Waals surface area contributed by atoms with Crippen LogP contribution in [0.3, 0.4) is 0 Å². The number of benzene rings is 1. The van der Waals surface area contributed by atoms with Crippen LogP contribution < -0.4 is 26.4 Å². The van der Waals surface area contributed by atoms with Gasteiger partial charge >= 0.3 is 0 Å². The number of nitrogens with one attached hydrogen (secondary N) is 4. The van der Waals surface area contributed by atoms with Crippen LogP contribution in [0.2, 0.25) is 5.02 Å². The van der Waals surface area contributed by atoms with Crippen molar-refractivity contribution in [2.45, 2.75) is 31.6 Å². The first-order valence-electron chi connectivity index (χ1n) is 8.20. The molecular weight excluding hydrogens is 362 g/mol. The Balaban J connectivity index is 1.64. The molecule has 2 heterocycles. The van der Waals surface area contributed by atoms with Gasteiger partial charge in [0, 0.05) is 17.6 Å². The first kappa shape index (κ1) is 18.3.